The van der Waals surface area contributed by atoms with Crippen molar-refractivity contribution in [1.29, 1.82) is 0 Å². The molecule has 3 rings (SSSR count). The number of halogens is 1. The number of rotatable bonds is 5. The van der Waals surface area contributed by atoms with Crippen LogP contribution in [0.2, 0.25) is 5.02 Å². The maximum atomic E-state index is 12.8. The molecule has 0 aliphatic carbocycles. The molecule has 0 bridgehead atoms. The molecular formula is C18H17ClN2O4S. The second-order valence-corrected chi connectivity index (χ2v) is 7.85. The van der Waals surface area contributed by atoms with Crippen LogP contribution >= 0.6 is 11.6 Å². The summed E-state index contributed by atoms with van der Waals surface area (Å²) in [6.07, 6.45) is 0. The number of nitrogens with zero attached hydrogens (tertiary/aromatic N) is 1. The standard InChI is InChI=1S/C18H17ClN2O4S/c1-11-8-14(19)5-6-15(11)21-26(22,23)18-7-4-13(10-17(18)24-3)16-9-12(2)20-25-16/h4-10,21H,1-3H3. The zero-order valence-electron chi connectivity index (χ0n) is 14.4. The fraction of sp³-hybridized carbons (Fsp3) is 0.167. The Balaban J connectivity index is 1.99. The van der Waals surface area contributed by atoms with E-state index in [-0.39, 0.29) is 10.6 Å². The molecule has 1 N–H and O–H groups in total. The van der Waals surface area contributed by atoms with E-state index in [1.165, 1.54) is 13.2 Å². The van der Waals surface area contributed by atoms with Gasteiger partial charge in [-0.25, -0.2) is 8.42 Å². The van der Waals surface area contributed by atoms with Crippen LogP contribution < -0.4 is 9.46 Å². The molecule has 6 nitrogen and oxygen atoms in total. The Labute approximate surface area is 156 Å². The number of anilines is 1. The number of hydrogen-bond acceptors (Lipinski definition) is 5. The van der Waals surface area contributed by atoms with Crippen LogP contribution in [0.5, 0.6) is 5.75 Å². The molecule has 136 valence electrons. The molecule has 0 fully saturated rings. The minimum absolute atomic E-state index is 0.0225. The maximum absolute atomic E-state index is 12.8. The van der Waals surface area contributed by atoms with Crippen molar-refractivity contribution in [3.05, 3.63) is 58.7 Å². The van der Waals surface area contributed by atoms with Gasteiger partial charge in [0.1, 0.15) is 10.6 Å². The predicted octanol–water partition coefficient (Wildman–Crippen LogP) is 4.42. The topological polar surface area (TPSA) is 81.4 Å². The molecule has 8 heteroatoms. The lowest BCUT2D eigenvalue weighted by molar-refractivity contribution is 0.402. The summed E-state index contributed by atoms with van der Waals surface area (Å²) in [6, 6.07) is 11.4. The van der Waals surface area contributed by atoms with E-state index in [2.05, 4.69) is 9.88 Å². The lowest BCUT2D eigenvalue weighted by Crippen LogP contribution is -2.14. The summed E-state index contributed by atoms with van der Waals surface area (Å²) in [5, 5.41) is 4.37. The minimum atomic E-state index is -3.85. The smallest absolute Gasteiger partial charge is 0.265 e. The number of methoxy groups -OCH3 is 1. The van der Waals surface area contributed by atoms with Gasteiger partial charge in [-0.15, -0.1) is 0 Å². The normalized spacial score (nSPS) is 11.4. The van der Waals surface area contributed by atoms with Crippen molar-refractivity contribution in [3.8, 4) is 17.1 Å². The van der Waals surface area contributed by atoms with Crippen LogP contribution in [0, 0.1) is 13.8 Å². The fourth-order valence-corrected chi connectivity index (χ4v) is 3.99. The van der Waals surface area contributed by atoms with Crippen molar-refractivity contribution in [2.75, 3.05) is 11.8 Å². The van der Waals surface area contributed by atoms with Crippen LogP contribution in [0.1, 0.15) is 11.3 Å². The monoisotopic (exact) mass is 392 g/mol. The minimum Gasteiger partial charge on any atom is -0.495 e. The number of ether oxygens (including phenoxy) is 1. The van der Waals surface area contributed by atoms with Gasteiger partial charge in [-0.3, -0.25) is 4.72 Å². The average molecular weight is 393 g/mol. The molecule has 0 radical (unpaired) electrons. The van der Waals surface area contributed by atoms with Crippen LogP contribution in [0.25, 0.3) is 11.3 Å². The molecule has 2 aromatic carbocycles. The van der Waals surface area contributed by atoms with Crippen LogP contribution in [0.3, 0.4) is 0 Å². The number of aromatic nitrogens is 1. The Bertz CT molecular complexity index is 1060. The summed E-state index contributed by atoms with van der Waals surface area (Å²) in [6.45, 7) is 3.58. The van der Waals surface area contributed by atoms with E-state index in [4.69, 9.17) is 20.9 Å². The first-order valence-electron chi connectivity index (χ1n) is 7.71. The Morgan fingerprint density at radius 1 is 1.12 bits per heavy atom. The molecule has 26 heavy (non-hydrogen) atoms. The van der Waals surface area contributed by atoms with Gasteiger partial charge in [-0.2, -0.15) is 0 Å². The lowest BCUT2D eigenvalue weighted by Gasteiger charge is -2.14. The molecule has 0 aliphatic rings. The molecule has 0 saturated heterocycles. The van der Waals surface area contributed by atoms with Crippen LogP contribution in [-0.2, 0) is 10.0 Å². The highest BCUT2D eigenvalue weighted by molar-refractivity contribution is 7.92. The molecule has 0 unspecified atom stereocenters. The van der Waals surface area contributed by atoms with Gasteiger partial charge in [0.25, 0.3) is 10.0 Å². The maximum Gasteiger partial charge on any atom is 0.265 e. The SMILES string of the molecule is COc1cc(-c2cc(C)no2)ccc1S(=O)(=O)Nc1ccc(Cl)cc1C. The van der Waals surface area contributed by atoms with Crippen molar-refractivity contribution in [3.63, 3.8) is 0 Å². The van der Waals surface area contributed by atoms with Gasteiger partial charge < -0.3 is 9.26 Å². The molecule has 1 heterocycles. The van der Waals surface area contributed by atoms with Crippen molar-refractivity contribution < 1.29 is 17.7 Å². The van der Waals surface area contributed by atoms with Crippen LogP contribution in [-0.4, -0.2) is 20.7 Å². The van der Waals surface area contributed by atoms with E-state index in [0.29, 0.717) is 27.6 Å². The van der Waals surface area contributed by atoms with E-state index >= 15 is 0 Å². The van der Waals surface area contributed by atoms with E-state index in [1.807, 2.05) is 0 Å². The number of benzene rings is 2. The molecular weight excluding hydrogens is 376 g/mol. The van der Waals surface area contributed by atoms with E-state index in [0.717, 1.165) is 5.69 Å². The van der Waals surface area contributed by atoms with Crippen molar-refractivity contribution in [2.45, 2.75) is 18.7 Å². The van der Waals surface area contributed by atoms with Gasteiger partial charge in [0.05, 0.1) is 18.5 Å². The second-order valence-electron chi connectivity index (χ2n) is 5.76. The zero-order valence-corrected chi connectivity index (χ0v) is 16.0. The third-order valence-electron chi connectivity index (χ3n) is 3.80. The Hall–Kier alpha value is -2.51. The third kappa shape index (κ3) is 3.68. The highest BCUT2D eigenvalue weighted by Gasteiger charge is 2.21. The van der Waals surface area contributed by atoms with Crippen molar-refractivity contribution >= 4 is 27.3 Å². The summed E-state index contributed by atoms with van der Waals surface area (Å²) in [7, 11) is -2.44. The highest BCUT2D eigenvalue weighted by Crippen LogP contribution is 2.32. The molecule has 0 amide bonds. The number of nitrogens with one attached hydrogen (secondary N) is 1. The fourth-order valence-electron chi connectivity index (χ4n) is 2.48. The van der Waals surface area contributed by atoms with Gasteiger partial charge in [0, 0.05) is 16.7 Å². The van der Waals surface area contributed by atoms with Crippen LogP contribution in [0.15, 0.2) is 51.9 Å². The number of hydrogen-bond donors (Lipinski definition) is 1. The Morgan fingerprint density at radius 2 is 1.88 bits per heavy atom. The number of aryl methyl sites for hydroxylation is 2. The largest absolute Gasteiger partial charge is 0.495 e. The summed E-state index contributed by atoms with van der Waals surface area (Å²) in [5.74, 6) is 0.738. The third-order valence-corrected chi connectivity index (χ3v) is 5.44. The van der Waals surface area contributed by atoms with Gasteiger partial charge in [0.2, 0.25) is 0 Å². The summed E-state index contributed by atoms with van der Waals surface area (Å²) in [5.41, 5.74) is 2.57. The van der Waals surface area contributed by atoms with E-state index in [9.17, 15) is 8.42 Å². The summed E-state index contributed by atoms with van der Waals surface area (Å²) < 4.78 is 38.7. The predicted molar refractivity (Wildman–Crippen MR) is 100 cm³/mol. The Morgan fingerprint density at radius 3 is 2.50 bits per heavy atom. The summed E-state index contributed by atoms with van der Waals surface area (Å²) >= 11 is 5.92. The molecule has 1 aromatic heterocycles. The van der Waals surface area contributed by atoms with E-state index < -0.39 is 10.0 Å². The molecule has 3 aromatic rings. The van der Waals surface area contributed by atoms with E-state index in [1.54, 1.807) is 50.2 Å². The number of sulfonamides is 1. The van der Waals surface area contributed by atoms with Crippen molar-refractivity contribution in [2.24, 2.45) is 0 Å². The zero-order chi connectivity index (χ0) is 18.9. The quantitative estimate of drug-likeness (QED) is 0.695. The van der Waals surface area contributed by atoms with Gasteiger partial charge in [-0.1, -0.05) is 16.8 Å². The second kappa shape index (κ2) is 7.01. The molecule has 0 atom stereocenters. The Kier molecular flexibility index (Phi) is 4.93. The van der Waals surface area contributed by atoms with Gasteiger partial charge >= 0.3 is 0 Å². The summed E-state index contributed by atoms with van der Waals surface area (Å²) in [4.78, 5) is 0.0225. The molecule has 0 aliphatic heterocycles. The van der Waals surface area contributed by atoms with Gasteiger partial charge in [-0.05, 0) is 55.8 Å². The first-order valence-corrected chi connectivity index (χ1v) is 9.57. The lowest BCUT2D eigenvalue weighted by atomic mass is 10.1. The average Bonchev–Trinajstić information content (AvgIpc) is 3.03. The van der Waals surface area contributed by atoms with Crippen LogP contribution in [0.4, 0.5) is 5.69 Å². The highest BCUT2D eigenvalue weighted by atomic mass is 35.5. The van der Waals surface area contributed by atoms with Crippen molar-refractivity contribution in [1.82, 2.24) is 5.16 Å². The molecule has 0 saturated carbocycles. The molecule has 0 spiro atoms. The first-order chi connectivity index (χ1) is 12.3. The first kappa shape index (κ1) is 18.3. The van der Waals surface area contributed by atoms with Gasteiger partial charge in [0.15, 0.2) is 5.76 Å².